The number of aliphatic hydroxyl groups is 1. The highest BCUT2D eigenvalue weighted by Crippen LogP contribution is 2.13. The number of rotatable bonds is 4. The van der Waals surface area contributed by atoms with Crippen LogP contribution in [0.4, 0.5) is 5.82 Å². The fourth-order valence-electron chi connectivity index (χ4n) is 2.04. The number of pyridine rings is 1. The molecule has 6 heteroatoms. The summed E-state index contributed by atoms with van der Waals surface area (Å²) in [5.41, 5.74) is 0.601. The second-order valence-electron chi connectivity index (χ2n) is 4.39. The van der Waals surface area contributed by atoms with Crippen LogP contribution in [0.15, 0.2) is 18.3 Å². The lowest BCUT2D eigenvalue weighted by molar-refractivity contribution is -0.0447. The normalized spacial score (nSPS) is 19.3. The molecule has 1 aromatic heterocycles. The Morgan fingerprint density at radius 2 is 2.53 bits per heavy atom. The molecule has 104 valence electrons. The van der Waals surface area contributed by atoms with Crippen molar-refractivity contribution in [2.75, 3.05) is 38.2 Å². The van der Waals surface area contributed by atoms with Gasteiger partial charge in [-0.1, -0.05) is 0 Å². The predicted octanol–water partition coefficient (Wildman–Crippen LogP) is 0.347. The zero-order valence-corrected chi connectivity index (χ0v) is 11.0. The molecule has 2 N–H and O–H groups in total. The van der Waals surface area contributed by atoms with E-state index >= 15 is 0 Å². The van der Waals surface area contributed by atoms with Gasteiger partial charge in [0.1, 0.15) is 5.82 Å². The summed E-state index contributed by atoms with van der Waals surface area (Å²) in [4.78, 5) is 18.2. The van der Waals surface area contributed by atoms with Crippen molar-refractivity contribution < 1.29 is 14.6 Å². The van der Waals surface area contributed by atoms with Crippen molar-refractivity contribution in [3.05, 3.63) is 23.9 Å². The molecular weight excluding hydrogens is 246 g/mol. The summed E-state index contributed by atoms with van der Waals surface area (Å²) < 4.78 is 5.34. The van der Waals surface area contributed by atoms with Crippen LogP contribution in [0.5, 0.6) is 0 Å². The molecule has 1 aliphatic heterocycles. The average Bonchev–Trinajstić information content (AvgIpc) is 2.47. The highest BCUT2D eigenvalue weighted by Gasteiger charge is 2.24. The fraction of sp³-hybridized carbons (Fsp3) is 0.538. The van der Waals surface area contributed by atoms with Gasteiger partial charge in [0, 0.05) is 31.4 Å². The molecular formula is C13H19N3O3. The van der Waals surface area contributed by atoms with E-state index in [9.17, 15) is 4.79 Å². The molecule has 1 aromatic rings. The van der Waals surface area contributed by atoms with E-state index in [-0.39, 0.29) is 18.6 Å². The minimum Gasteiger partial charge on any atom is -0.394 e. The summed E-state index contributed by atoms with van der Waals surface area (Å²) in [6.07, 6.45) is 1.34. The molecule has 1 amide bonds. The van der Waals surface area contributed by atoms with Gasteiger partial charge in [0.25, 0.3) is 5.91 Å². The summed E-state index contributed by atoms with van der Waals surface area (Å²) >= 11 is 0. The van der Waals surface area contributed by atoms with Gasteiger partial charge in [-0.15, -0.1) is 0 Å². The Labute approximate surface area is 112 Å². The van der Waals surface area contributed by atoms with E-state index in [0.29, 0.717) is 31.1 Å². The second-order valence-corrected chi connectivity index (χ2v) is 4.39. The van der Waals surface area contributed by atoms with Gasteiger partial charge in [-0.25, -0.2) is 4.98 Å². The quantitative estimate of drug-likeness (QED) is 0.821. The van der Waals surface area contributed by atoms with Gasteiger partial charge in [-0.05, 0) is 19.1 Å². The summed E-state index contributed by atoms with van der Waals surface area (Å²) in [5.74, 6) is 0.642. The Bertz CT molecular complexity index is 439. The van der Waals surface area contributed by atoms with E-state index in [1.165, 1.54) is 0 Å². The minimum atomic E-state index is -0.284. The highest BCUT2D eigenvalue weighted by molar-refractivity contribution is 5.94. The first-order valence-corrected chi connectivity index (χ1v) is 6.46. The van der Waals surface area contributed by atoms with Crippen molar-refractivity contribution in [3.63, 3.8) is 0 Å². The van der Waals surface area contributed by atoms with Gasteiger partial charge in [0.15, 0.2) is 0 Å². The summed E-state index contributed by atoms with van der Waals surface area (Å²) in [6.45, 7) is 4.10. The van der Waals surface area contributed by atoms with E-state index < -0.39 is 0 Å². The Balaban J connectivity index is 2.08. The molecule has 0 aliphatic carbocycles. The lowest BCUT2D eigenvalue weighted by Gasteiger charge is -2.32. The maximum atomic E-state index is 12.4. The number of ether oxygens (including phenoxy) is 1. The average molecular weight is 265 g/mol. The standard InChI is InChI=1S/C13H19N3O3/c1-2-14-12-7-10(3-4-15-12)13(18)16-5-6-19-11(8-16)9-17/h3-4,7,11,17H,2,5-6,8-9H2,1H3,(H,14,15). The lowest BCUT2D eigenvalue weighted by atomic mass is 10.2. The molecule has 6 nitrogen and oxygen atoms in total. The van der Waals surface area contributed by atoms with Crippen molar-refractivity contribution in [3.8, 4) is 0 Å². The highest BCUT2D eigenvalue weighted by atomic mass is 16.5. The second kappa shape index (κ2) is 6.49. The molecule has 1 atom stereocenters. The monoisotopic (exact) mass is 265 g/mol. The predicted molar refractivity (Wildman–Crippen MR) is 71.1 cm³/mol. The number of aliphatic hydroxyl groups excluding tert-OH is 1. The number of carbonyl (C=O) groups excluding carboxylic acids is 1. The molecule has 1 fully saturated rings. The Hall–Kier alpha value is -1.66. The van der Waals surface area contributed by atoms with Crippen LogP contribution in [0, 0.1) is 0 Å². The number of nitrogens with zero attached hydrogens (tertiary/aromatic N) is 2. The number of nitrogens with one attached hydrogen (secondary N) is 1. The van der Waals surface area contributed by atoms with E-state index in [2.05, 4.69) is 10.3 Å². The molecule has 2 heterocycles. The summed E-state index contributed by atoms with van der Waals surface area (Å²) in [6, 6.07) is 3.45. The first-order chi connectivity index (χ1) is 9.24. The van der Waals surface area contributed by atoms with Crippen molar-refractivity contribution in [2.45, 2.75) is 13.0 Å². The number of hydrogen-bond acceptors (Lipinski definition) is 5. The zero-order valence-electron chi connectivity index (χ0n) is 11.0. The fourth-order valence-corrected chi connectivity index (χ4v) is 2.04. The number of amides is 1. The molecule has 1 saturated heterocycles. The van der Waals surface area contributed by atoms with Crippen LogP contribution >= 0.6 is 0 Å². The Morgan fingerprint density at radius 1 is 1.68 bits per heavy atom. The van der Waals surface area contributed by atoms with Gasteiger partial charge >= 0.3 is 0 Å². The third-order valence-electron chi connectivity index (χ3n) is 2.99. The van der Waals surface area contributed by atoms with Crippen LogP contribution in [-0.2, 0) is 4.74 Å². The number of hydrogen-bond donors (Lipinski definition) is 2. The first-order valence-electron chi connectivity index (χ1n) is 6.46. The van der Waals surface area contributed by atoms with Crippen molar-refractivity contribution in [1.82, 2.24) is 9.88 Å². The number of carbonyl (C=O) groups is 1. The molecule has 0 radical (unpaired) electrons. The van der Waals surface area contributed by atoms with Crippen LogP contribution < -0.4 is 5.32 Å². The molecule has 1 unspecified atom stereocenters. The van der Waals surface area contributed by atoms with Crippen LogP contribution in [0.1, 0.15) is 17.3 Å². The van der Waals surface area contributed by atoms with Crippen LogP contribution in [0.3, 0.4) is 0 Å². The maximum absolute atomic E-state index is 12.4. The molecule has 1 aliphatic rings. The topological polar surface area (TPSA) is 74.7 Å². The number of aromatic nitrogens is 1. The molecule has 19 heavy (non-hydrogen) atoms. The van der Waals surface area contributed by atoms with Gasteiger partial charge in [-0.2, -0.15) is 0 Å². The largest absolute Gasteiger partial charge is 0.394 e. The molecule has 0 aromatic carbocycles. The van der Waals surface area contributed by atoms with E-state index in [1.807, 2.05) is 6.92 Å². The van der Waals surface area contributed by atoms with Gasteiger partial charge in [0.05, 0.1) is 19.3 Å². The van der Waals surface area contributed by atoms with Crippen LogP contribution in [0.25, 0.3) is 0 Å². The minimum absolute atomic E-state index is 0.0525. The zero-order chi connectivity index (χ0) is 13.7. The van der Waals surface area contributed by atoms with Crippen LogP contribution in [-0.4, -0.2) is 59.8 Å². The third kappa shape index (κ3) is 3.42. The molecule has 0 spiro atoms. The molecule has 0 bridgehead atoms. The first kappa shape index (κ1) is 13.8. The summed E-state index contributed by atoms with van der Waals surface area (Å²) in [7, 11) is 0. The van der Waals surface area contributed by atoms with E-state index in [0.717, 1.165) is 6.54 Å². The van der Waals surface area contributed by atoms with Crippen molar-refractivity contribution in [2.24, 2.45) is 0 Å². The smallest absolute Gasteiger partial charge is 0.254 e. The summed E-state index contributed by atoms with van der Waals surface area (Å²) in [5, 5.41) is 12.2. The van der Waals surface area contributed by atoms with Gasteiger partial charge in [-0.3, -0.25) is 4.79 Å². The number of anilines is 1. The Morgan fingerprint density at radius 3 is 3.26 bits per heavy atom. The van der Waals surface area contributed by atoms with Crippen molar-refractivity contribution >= 4 is 11.7 Å². The third-order valence-corrected chi connectivity index (χ3v) is 2.99. The van der Waals surface area contributed by atoms with E-state index in [1.54, 1.807) is 23.2 Å². The SMILES string of the molecule is CCNc1cc(C(=O)N2CCOC(CO)C2)ccn1. The van der Waals surface area contributed by atoms with Gasteiger partial charge in [0.2, 0.25) is 0 Å². The lowest BCUT2D eigenvalue weighted by Crippen LogP contribution is -2.46. The maximum Gasteiger partial charge on any atom is 0.254 e. The molecule has 2 rings (SSSR count). The van der Waals surface area contributed by atoms with Crippen molar-refractivity contribution in [1.29, 1.82) is 0 Å². The molecule has 0 saturated carbocycles. The number of morpholine rings is 1. The van der Waals surface area contributed by atoms with Gasteiger partial charge < -0.3 is 20.1 Å². The van der Waals surface area contributed by atoms with Crippen LogP contribution in [0.2, 0.25) is 0 Å². The Kier molecular flexibility index (Phi) is 4.70. The van der Waals surface area contributed by atoms with E-state index in [4.69, 9.17) is 9.84 Å².